The van der Waals surface area contributed by atoms with E-state index in [0.717, 1.165) is 23.4 Å². The van der Waals surface area contributed by atoms with E-state index in [4.69, 9.17) is 5.11 Å². The van der Waals surface area contributed by atoms with E-state index in [0.29, 0.717) is 18.8 Å². The first-order valence-corrected chi connectivity index (χ1v) is 5.38. The first-order chi connectivity index (χ1) is 7.61. The van der Waals surface area contributed by atoms with Crippen molar-refractivity contribution in [1.29, 1.82) is 0 Å². The molecule has 2 rings (SSSR count). The minimum absolute atomic E-state index is 0.282. The lowest BCUT2D eigenvalue weighted by Gasteiger charge is -2.22. The molecular weight excluding hydrogens is 206 g/mol. The van der Waals surface area contributed by atoms with Crippen molar-refractivity contribution in [2.45, 2.75) is 26.2 Å². The van der Waals surface area contributed by atoms with Crippen LogP contribution in [0.4, 0.5) is 5.95 Å². The predicted molar refractivity (Wildman–Crippen MR) is 59.5 cm³/mol. The predicted octanol–water partition coefficient (Wildman–Crippen LogP) is 1.02. The van der Waals surface area contributed by atoms with Crippen molar-refractivity contribution >= 4 is 11.9 Å². The Morgan fingerprint density at radius 3 is 2.88 bits per heavy atom. The Balaban J connectivity index is 2.35. The number of aliphatic carboxylic acids is 1. The van der Waals surface area contributed by atoms with Gasteiger partial charge in [0.05, 0.1) is 5.92 Å². The quantitative estimate of drug-likeness (QED) is 0.779. The van der Waals surface area contributed by atoms with Gasteiger partial charge >= 0.3 is 5.97 Å². The standard InChI is InChI=1S/C11H15N3O2/c1-6-8-5-7(10(15)16)3-4-9(8)14-11(12-2)13-6/h7H,3-5H2,1-2H3,(H,15,16)(H,12,13,14). The Kier molecular flexibility index (Phi) is 2.77. The van der Waals surface area contributed by atoms with E-state index in [-0.39, 0.29) is 5.92 Å². The van der Waals surface area contributed by atoms with Gasteiger partial charge in [0, 0.05) is 18.4 Å². The van der Waals surface area contributed by atoms with Crippen LogP contribution in [0.5, 0.6) is 0 Å². The Hall–Kier alpha value is -1.65. The summed E-state index contributed by atoms with van der Waals surface area (Å²) in [6.07, 6.45) is 1.95. The largest absolute Gasteiger partial charge is 0.481 e. The number of nitrogens with one attached hydrogen (secondary N) is 1. The molecule has 0 aromatic carbocycles. The molecule has 0 spiro atoms. The molecule has 1 unspecified atom stereocenters. The summed E-state index contributed by atoms with van der Waals surface area (Å²) in [5.41, 5.74) is 2.90. The van der Waals surface area contributed by atoms with Crippen molar-refractivity contribution in [3.05, 3.63) is 17.0 Å². The molecular formula is C11H15N3O2. The Morgan fingerprint density at radius 2 is 2.25 bits per heavy atom. The number of carbonyl (C=O) groups is 1. The van der Waals surface area contributed by atoms with Gasteiger partial charge in [0.15, 0.2) is 0 Å². The minimum atomic E-state index is -0.720. The van der Waals surface area contributed by atoms with Crippen LogP contribution in [-0.4, -0.2) is 28.1 Å². The zero-order chi connectivity index (χ0) is 11.7. The van der Waals surface area contributed by atoms with Crippen molar-refractivity contribution in [3.8, 4) is 0 Å². The number of rotatable bonds is 2. The molecule has 1 atom stereocenters. The number of carboxylic acids is 1. The summed E-state index contributed by atoms with van der Waals surface area (Å²) >= 11 is 0. The number of hydrogen-bond donors (Lipinski definition) is 2. The van der Waals surface area contributed by atoms with Crippen molar-refractivity contribution in [2.24, 2.45) is 5.92 Å². The maximum atomic E-state index is 10.9. The summed E-state index contributed by atoms with van der Waals surface area (Å²) in [6.45, 7) is 1.91. The Labute approximate surface area is 93.9 Å². The van der Waals surface area contributed by atoms with Gasteiger partial charge in [-0.1, -0.05) is 0 Å². The van der Waals surface area contributed by atoms with Crippen molar-refractivity contribution in [3.63, 3.8) is 0 Å². The number of aromatic nitrogens is 2. The molecule has 0 bridgehead atoms. The smallest absolute Gasteiger partial charge is 0.306 e. The van der Waals surface area contributed by atoms with Crippen LogP contribution in [0.3, 0.4) is 0 Å². The highest BCUT2D eigenvalue weighted by Gasteiger charge is 2.26. The summed E-state index contributed by atoms with van der Waals surface area (Å²) in [5, 5.41) is 11.9. The molecule has 0 fully saturated rings. The molecule has 1 heterocycles. The fourth-order valence-corrected chi connectivity index (χ4v) is 2.11. The zero-order valence-electron chi connectivity index (χ0n) is 9.45. The highest BCUT2D eigenvalue weighted by Crippen LogP contribution is 2.26. The van der Waals surface area contributed by atoms with Crippen LogP contribution in [0.15, 0.2) is 0 Å². The topological polar surface area (TPSA) is 75.1 Å². The lowest BCUT2D eigenvalue weighted by atomic mass is 9.86. The van der Waals surface area contributed by atoms with Crippen molar-refractivity contribution in [2.75, 3.05) is 12.4 Å². The summed E-state index contributed by atoms with van der Waals surface area (Å²) < 4.78 is 0. The summed E-state index contributed by atoms with van der Waals surface area (Å²) in [5.74, 6) is -0.386. The van der Waals surface area contributed by atoms with E-state index in [9.17, 15) is 4.79 Å². The lowest BCUT2D eigenvalue weighted by Crippen LogP contribution is -2.24. The first-order valence-electron chi connectivity index (χ1n) is 5.38. The van der Waals surface area contributed by atoms with Gasteiger partial charge in [-0.2, -0.15) is 0 Å². The van der Waals surface area contributed by atoms with Crippen LogP contribution in [0, 0.1) is 12.8 Å². The number of hydrogen-bond acceptors (Lipinski definition) is 4. The van der Waals surface area contributed by atoms with Gasteiger partial charge in [0.25, 0.3) is 0 Å². The third-order valence-corrected chi connectivity index (χ3v) is 3.05. The molecule has 1 aromatic rings. The molecule has 0 saturated heterocycles. The molecule has 0 radical (unpaired) electrons. The van der Waals surface area contributed by atoms with Gasteiger partial charge in [0.1, 0.15) is 0 Å². The van der Waals surface area contributed by atoms with Crippen LogP contribution < -0.4 is 5.32 Å². The van der Waals surface area contributed by atoms with Gasteiger partial charge in [-0.15, -0.1) is 0 Å². The molecule has 1 aliphatic carbocycles. The average molecular weight is 221 g/mol. The minimum Gasteiger partial charge on any atom is -0.481 e. The molecule has 0 aliphatic heterocycles. The molecule has 5 nitrogen and oxygen atoms in total. The van der Waals surface area contributed by atoms with E-state index in [1.807, 2.05) is 6.92 Å². The number of aryl methyl sites for hydroxylation is 2. The maximum Gasteiger partial charge on any atom is 0.306 e. The molecule has 1 aromatic heterocycles. The van der Waals surface area contributed by atoms with Crippen LogP contribution in [-0.2, 0) is 17.6 Å². The fraction of sp³-hybridized carbons (Fsp3) is 0.545. The van der Waals surface area contributed by atoms with Gasteiger partial charge < -0.3 is 10.4 Å². The summed E-state index contributed by atoms with van der Waals surface area (Å²) in [4.78, 5) is 19.6. The van der Waals surface area contributed by atoms with Gasteiger partial charge in [-0.3, -0.25) is 4.79 Å². The monoisotopic (exact) mass is 221 g/mol. The number of nitrogens with zero attached hydrogens (tertiary/aromatic N) is 2. The van der Waals surface area contributed by atoms with Crippen LogP contribution in [0.1, 0.15) is 23.4 Å². The highest BCUT2D eigenvalue weighted by molar-refractivity contribution is 5.71. The lowest BCUT2D eigenvalue weighted by molar-refractivity contribution is -0.142. The number of anilines is 1. The van der Waals surface area contributed by atoms with E-state index in [1.165, 1.54) is 0 Å². The van der Waals surface area contributed by atoms with Gasteiger partial charge in [-0.05, 0) is 31.7 Å². The van der Waals surface area contributed by atoms with Crippen molar-refractivity contribution in [1.82, 2.24) is 9.97 Å². The fourth-order valence-electron chi connectivity index (χ4n) is 2.11. The van der Waals surface area contributed by atoms with Gasteiger partial charge in [0.2, 0.25) is 5.95 Å². The summed E-state index contributed by atoms with van der Waals surface area (Å²) in [7, 11) is 1.78. The van der Waals surface area contributed by atoms with Crippen LogP contribution in [0.2, 0.25) is 0 Å². The average Bonchev–Trinajstić information content (AvgIpc) is 2.28. The molecule has 86 valence electrons. The molecule has 16 heavy (non-hydrogen) atoms. The molecule has 5 heteroatoms. The maximum absolute atomic E-state index is 10.9. The van der Waals surface area contributed by atoms with Crippen LogP contribution in [0.25, 0.3) is 0 Å². The normalized spacial score (nSPS) is 19.0. The van der Waals surface area contributed by atoms with E-state index >= 15 is 0 Å². The molecule has 0 amide bonds. The van der Waals surface area contributed by atoms with E-state index in [2.05, 4.69) is 15.3 Å². The second-order valence-electron chi connectivity index (χ2n) is 4.09. The second kappa shape index (κ2) is 4.08. The highest BCUT2D eigenvalue weighted by atomic mass is 16.4. The zero-order valence-corrected chi connectivity index (χ0v) is 9.45. The molecule has 2 N–H and O–H groups in total. The number of fused-ring (bicyclic) bond motifs is 1. The Morgan fingerprint density at radius 1 is 1.50 bits per heavy atom. The molecule has 1 aliphatic rings. The van der Waals surface area contributed by atoms with Crippen LogP contribution >= 0.6 is 0 Å². The van der Waals surface area contributed by atoms with Gasteiger partial charge in [-0.25, -0.2) is 9.97 Å². The molecule has 0 saturated carbocycles. The summed E-state index contributed by atoms with van der Waals surface area (Å²) in [6, 6.07) is 0. The SMILES string of the molecule is CNc1nc(C)c2c(n1)CCC(C(=O)O)C2. The Bertz CT molecular complexity index is 431. The third kappa shape index (κ3) is 1.85. The number of carboxylic acid groups (broad SMARTS) is 1. The van der Waals surface area contributed by atoms with Crippen molar-refractivity contribution < 1.29 is 9.90 Å². The van der Waals surface area contributed by atoms with E-state index < -0.39 is 5.97 Å². The second-order valence-corrected chi connectivity index (χ2v) is 4.09. The first kappa shape index (κ1) is 10.9. The third-order valence-electron chi connectivity index (χ3n) is 3.05. The van der Waals surface area contributed by atoms with E-state index in [1.54, 1.807) is 7.05 Å².